The first kappa shape index (κ1) is 17.8. The van der Waals surface area contributed by atoms with Gasteiger partial charge in [0.15, 0.2) is 0 Å². The van der Waals surface area contributed by atoms with Gasteiger partial charge in [-0.2, -0.15) is 5.10 Å². The fourth-order valence-corrected chi connectivity index (χ4v) is 3.12. The fraction of sp³-hybridized carbons (Fsp3) is 0.238. The predicted octanol–water partition coefficient (Wildman–Crippen LogP) is 3.71. The molecular formula is C21H21ClN4O. The highest BCUT2D eigenvalue weighted by Crippen LogP contribution is 2.29. The van der Waals surface area contributed by atoms with Crippen molar-refractivity contribution in [3.8, 4) is 0 Å². The van der Waals surface area contributed by atoms with Crippen LogP contribution in [0.3, 0.4) is 0 Å². The summed E-state index contributed by atoms with van der Waals surface area (Å²) in [6.07, 6.45) is 5.45. The molecule has 0 spiro atoms. The van der Waals surface area contributed by atoms with Gasteiger partial charge >= 0.3 is 0 Å². The van der Waals surface area contributed by atoms with Gasteiger partial charge in [-0.3, -0.25) is 4.79 Å². The molecule has 4 rings (SSSR count). The van der Waals surface area contributed by atoms with Gasteiger partial charge in [0.2, 0.25) is 0 Å². The van der Waals surface area contributed by atoms with E-state index in [0.29, 0.717) is 16.6 Å². The SMILES string of the molecule is Cc1ccc(C(=O)NC2CC2)cc1N1N=CC(=Cc2ccc(Cl)cc2)C1N. The Morgan fingerprint density at radius 2 is 2.00 bits per heavy atom. The zero-order valence-corrected chi connectivity index (χ0v) is 15.8. The summed E-state index contributed by atoms with van der Waals surface area (Å²) in [5.41, 5.74) is 10.8. The lowest BCUT2D eigenvalue weighted by Crippen LogP contribution is -2.36. The molecule has 1 heterocycles. The second kappa shape index (κ2) is 7.18. The summed E-state index contributed by atoms with van der Waals surface area (Å²) in [6, 6.07) is 13.5. The van der Waals surface area contributed by atoms with E-state index < -0.39 is 6.17 Å². The summed E-state index contributed by atoms with van der Waals surface area (Å²) in [4.78, 5) is 12.4. The average molecular weight is 381 g/mol. The molecular weight excluding hydrogens is 360 g/mol. The van der Waals surface area contributed by atoms with E-state index in [-0.39, 0.29) is 5.91 Å². The third-order valence-electron chi connectivity index (χ3n) is 4.77. The molecule has 0 bridgehead atoms. The third kappa shape index (κ3) is 3.89. The molecule has 2 aromatic rings. The monoisotopic (exact) mass is 380 g/mol. The van der Waals surface area contributed by atoms with E-state index >= 15 is 0 Å². The van der Waals surface area contributed by atoms with Crippen LogP contribution in [0.1, 0.15) is 34.3 Å². The van der Waals surface area contributed by atoms with Gasteiger partial charge in [-0.25, -0.2) is 5.01 Å². The van der Waals surface area contributed by atoms with Gasteiger partial charge in [0, 0.05) is 22.2 Å². The van der Waals surface area contributed by atoms with Crippen LogP contribution in [0, 0.1) is 6.92 Å². The van der Waals surface area contributed by atoms with E-state index in [1.165, 1.54) is 0 Å². The van der Waals surface area contributed by atoms with E-state index in [0.717, 1.165) is 35.2 Å². The van der Waals surface area contributed by atoms with Crippen LogP contribution < -0.4 is 16.1 Å². The normalized spacial score (nSPS) is 20.3. The van der Waals surface area contributed by atoms with Crippen molar-refractivity contribution in [1.29, 1.82) is 0 Å². The zero-order valence-electron chi connectivity index (χ0n) is 15.0. The van der Waals surface area contributed by atoms with Crippen molar-refractivity contribution in [2.45, 2.75) is 32.0 Å². The van der Waals surface area contributed by atoms with Crippen molar-refractivity contribution < 1.29 is 4.79 Å². The molecule has 2 aliphatic rings. The minimum atomic E-state index is -0.416. The molecule has 0 radical (unpaired) electrons. The van der Waals surface area contributed by atoms with Crippen molar-refractivity contribution in [1.82, 2.24) is 5.32 Å². The first-order valence-corrected chi connectivity index (χ1v) is 9.36. The van der Waals surface area contributed by atoms with Gasteiger partial charge in [-0.1, -0.05) is 29.8 Å². The summed E-state index contributed by atoms with van der Waals surface area (Å²) in [7, 11) is 0. The van der Waals surface area contributed by atoms with Crippen molar-refractivity contribution >= 4 is 35.5 Å². The first-order valence-electron chi connectivity index (χ1n) is 8.99. The minimum absolute atomic E-state index is 0.0487. The zero-order chi connectivity index (χ0) is 19.0. The average Bonchev–Trinajstić information content (AvgIpc) is 3.40. The second-order valence-corrected chi connectivity index (χ2v) is 7.42. The number of hydrogen-bond donors (Lipinski definition) is 2. The second-order valence-electron chi connectivity index (χ2n) is 6.98. The Kier molecular flexibility index (Phi) is 4.72. The molecule has 1 unspecified atom stereocenters. The Morgan fingerprint density at radius 3 is 2.70 bits per heavy atom. The van der Waals surface area contributed by atoms with Gasteiger partial charge in [0.05, 0.1) is 11.9 Å². The standard InChI is InChI=1S/C21H21ClN4O/c1-13-2-5-15(21(27)25-18-8-9-18)11-19(13)26-20(23)16(12-24-26)10-14-3-6-17(22)7-4-14/h2-7,10-12,18,20H,8-9,23H2,1H3,(H,25,27). The van der Waals surface area contributed by atoms with Crippen molar-refractivity contribution in [2.24, 2.45) is 10.8 Å². The van der Waals surface area contributed by atoms with Gasteiger partial charge in [0.25, 0.3) is 5.91 Å². The Bertz CT molecular complexity index is 932. The number of hydrogen-bond acceptors (Lipinski definition) is 4. The number of halogens is 1. The van der Waals surface area contributed by atoms with Gasteiger partial charge in [-0.15, -0.1) is 0 Å². The van der Waals surface area contributed by atoms with E-state index in [1.807, 2.05) is 55.5 Å². The molecule has 1 atom stereocenters. The highest BCUT2D eigenvalue weighted by molar-refractivity contribution is 6.30. The Balaban J connectivity index is 1.57. The molecule has 138 valence electrons. The number of hydrazone groups is 1. The number of amides is 1. The molecule has 2 aromatic carbocycles. The molecule has 3 N–H and O–H groups in total. The van der Waals surface area contributed by atoms with E-state index in [2.05, 4.69) is 10.4 Å². The topological polar surface area (TPSA) is 70.7 Å². The van der Waals surface area contributed by atoms with E-state index in [9.17, 15) is 4.79 Å². The van der Waals surface area contributed by atoms with E-state index in [1.54, 1.807) is 11.2 Å². The minimum Gasteiger partial charge on any atom is -0.349 e. The number of carbonyl (C=O) groups is 1. The number of aryl methyl sites for hydroxylation is 1. The molecule has 1 aliphatic heterocycles. The molecule has 1 fully saturated rings. The Hall–Kier alpha value is -2.63. The largest absolute Gasteiger partial charge is 0.349 e. The van der Waals surface area contributed by atoms with E-state index in [4.69, 9.17) is 17.3 Å². The van der Waals surface area contributed by atoms with Gasteiger partial charge < -0.3 is 11.1 Å². The molecule has 6 heteroatoms. The van der Waals surface area contributed by atoms with Crippen LogP contribution in [0.25, 0.3) is 6.08 Å². The highest BCUT2D eigenvalue weighted by atomic mass is 35.5. The number of rotatable bonds is 4. The van der Waals surface area contributed by atoms with Gasteiger partial charge in [0.1, 0.15) is 6.17 Å². The van der Waals surface area contributed by atoms with Crippen molar-refractivity contribution in [3.05, 3.63) is 69.8 Å². The molecule has 0 aromatic heterocycles. The van der Waals surface area contributed by atoms with Crippen LogP contribution in [0.15, 0.2) is 53.1 Å². The lowest BCUT2D eigenvalue weighted by Gasteiger charge is -2.23. The first-order chi connectivity index (χ1) is 13.0. The smallest absolute Gasteiger partial charge is 0.251 e. The molecule has 0 saturated heterocycles. The number of nitrogens with zero attached hydrogens (tertiary/aromatic N) is 2. The number of nitrogens with two attached hydrogens (primary N) is 1. The summed E-state index contributed by atoms with van der Waals surface area (Å²) in [6.45, 7) is 1.99. The molecule has 1 amide bonds. The molecule has 27 heavy (non-hydrogen) atoms. The molecule has 1 saturated carbocycles. The summed E-state index contributed by atoms with van der Waals surface area (Å²) < 4.78 is 0. The Labute approximate surface area is 163 Å². The van der Waals surface area contributed by atoms with Crippen LogP contribution in [0.4, 0.5) is 5.69 Å². The molecule has 5 nitrogen and oxygen atoms in total. The van der Waals surface area contributed by atoms with Crippen LogP contribution in [-0.2, 0) is 0 Å². The van der Waals surface area contributed by atoms with Crippen LogP contribution in [0.5, 0.6) is 0 Å². The van der Waals surface area contributed by atoms with Crippen LogP contribution in [0.2, 0.25) is 5.02 Å². The maximum absolute atomic E-state index is 12.4. The maximum atomic E-state index is 12.4. The lowest BCUT2D eigenvalue weighted by molar-refractivity contribution is 0.0951. The summed E-state index contributed by atoms with van der Waals surface area (Å²) >= 11 is 5.94. The van der Waals surface area contributed by atoms with Crippen LogP contribution >= 0.6 is 11.6 Å². The predicted molar refractivity (Wildman–Crippen MR) is 110 cm³/mol. The fourth-order valence-electron chi connectivity index (χ4n) is 3.00. The number of carbonyl (C=O) groups excluding carboxylic acids is 1. The quantitative estimate of drug-likeness (QED) is 0.849. The lowest BCUT2D eigenvalue weighted by atomic mass is 10.1. The molecule has 1 aliphatic carbocycles. The Morgan fingerprint density at radius 1 is 1.26 bits per heavy atom. The highest BCUT2D eigenvalue weighted by Gasteiger charge is 2.27. The number of nitrogens with one attached hydrogen (secondary N) is 1. The summed E-state index contributed by atoms with van der Waals surface area (Å²) in [5, 5.41) is 9.94. The van der Waals surface area contributed by atoms with Crippen molar-refractivity contribution in [2.75, 3.05) is 5.01 Å². The number of anilines is 1. The van der Waals surface area contributed by atoms with Gasteiger partial charge in [-0.05, 0) is 61.2 Å². The number of benzene rings is 2. The van der Waals surface area contributed by atoms with Crippen LogP contribution in [-0.4, -0.2) is 24.3 Å². The third-order valence-corrected chi connectivity index (χ3v) is 5.02. The maximum Gasteiger partial charge on any atom is 0.251 e. The summed E-state index contributed by atoms with van der Waals surface area (Å²) in [5.74, 6) is -0.0487. The van der Waals surface area contributed by atoms with Crippen molar-refractivity contribution in [3.63, 3.8) is 0 Å².